The molecule has 84 valence electrons. The molecule has 17 heavy (non-hydrogen) atoms. The third-order valence-corrected chi connectivity index (χ3v) is 2.89. The van der Waals surface area contributed by atoms with Crippen LogP contribution in [-0.4, -0.2) is 14.5 Å². The minimum Gasteiger partial charge on any atom is -0.281 e. The number of fused-ring (bicyclic) bond motifs is 1. The number of imidazole rings is 1. The summed E-state index contributed by atoms with van der Waals surface area (Å²) < 4.78 is 2.00. The standard InChI is InChI=1S/C13H10ClN3/c1-9-16-12-6-3-7-15-13(12)17(9)11-5-2-4-10(14)8-11/h2-8H,1H3. The predicted octanol–water partition coefficient (Wildman–Crippen LogP) is 3.38. The van der Waals surface area contributed by atoms with E-state index >= 15 is 0 Å². The van der Waals surface area contributed by atoms with Crippen molar-refractivity contribution in [1.29, 1.82) is 0 Å². The van der Waals surface area contributed by atoms with E-state index in [9.17, 15) is 0 Å². The van der Waals surface area contributed by atoms with Crippen molar-refractivity contribution in [3.63, 3.8) is 0 Å². The van der Waals surface area contributed by atoms with Crippen molar-refractivity contribution < 1.29 is 0 Å². The molecule has 0 amide bonds. The van der Waals surface area contributed by atoms with Gasteiger partial charge in [0.15, 0.2) is 5.65 Å². The molecule has 0 fully saturated rings. The van der Waals surface area contributed by atoms with Gasteiger partial charge in [0.05, 0.1) is 5.69 Å². The number of nitrogens with zero attached hydrogens (tertiary/aromatic N) is 3. The molecule has 2 heterocycles. The Labute approximate surface area is 104 Å². The Balaban J connectivity index is 2.33. The van der Waals surface area contributed by atoms with Gasteiger partial charge < -0.3 is 0 Å². The zero-order valence-electron chi connectivity index (χ0n) is 9.26. The first-order valence-electron chi connectivity index (χ1n) is 5.32. The van der Waals surface area contributed by atoms with Crippen LogP contribution in [0.3, 0.4) is 0 Å². The molecule has 0 saturated carbocycles. The molecule has 3 nitrogen and oxygen atoms in total. The highest BCUT2D eigenvalue weighted by Gasteiger charge is 2.09. The van der Waals surface area contributed by atoms with Gasteiger partial charge >= 0.3 is 0 Å². The maximum absolute atomic E-state index is 6.01. The van der Waals surface area contributed by atoms with Crippen molar-refractivity contribution >= 4 is 22.8 Å². The third-order valence-electron chi connectivity index (χ3n) is 2.65. The highest BCUT2D eigenvalue weighted by Crippen LogP contribution is 2.21. The molecule has 0 radical (unpaired) electrons. The molecule has 1 aromatic carbocycles. The first-order chi connectivity index (χ1) is 8.25. The lowest BCUT2D eigenvalue weighted by Crippen LogP contribution is -1.97. The van der Waals surface area contributed by atoms with Gasteiger partial charge in [0.2, 0.25) is 0 Å². The summed E-state index contributed by atoms with van der Waals surface area (Å²) in [4.78, 5) is 8.84. The Morgan fingerprint density at radius 3 is 2.88 bits per heavy atom. The van der Waals surface area contributed by atoms with Crippen LogP contribution in [0.5, 0.6) is 0 Å². The Kier molecular flexibility index (Phi) is 2.34. The molecule has 3 rings (SSSR count). The summed E-state index contributed by atoms with van der Waals surface area (Å²) >= 11 is 6.01. The summed E-state index contributed by atoms with van der Waals surface area (Å²) in [6.07, 6.45) is 1.77. The molecule has 0 aliphatic heterocycles. The van der Waals surface area contributed by atoms with E-state index in [-0.39, 0.29) is 0 Å². The molecule has 2 aromatic heterocycles. The minimum absolute atomic E-state index is 0.708. The molecule has 0 aliphatic carbocycles. The number of benzene rings is 1. The van der Waals surface area contributed by atoms with Crippen LogP contribution >= 0.6 is 11.6 Å². The molecule has 0 spiro atoms. The van der Waals surface area contributed by atoms with Crippen molar-refractivity contribution in [2.75, 3.05) is 0 Å². The lowest BCUT2D eigenvalue weighted by molar-refractivity contribution is 0.987. The van der Waals surface area contributed by atoms with Gasteiger partial charge in [0.1, 0.15) is 11.3 Å². The van der Waals surface area contributed by atoms with Gasteiger partial charge in [-0.3, -0.25) is 4.57 Å². The number of pyridine rings is 1. The van der Waals surface area contributed by atoms with E-state index in [2.05, 4.69) is 9.97 Å². The summed E-state index contributed by atoms with van der Waals surface area (Å²) in [5, 5.41) is 0.708. The molecule has 0 N–H and O–H groups in total. The van der Waals surface area contributed by atoms with Crippen LogP contribution in [0.15, 0.2) is 42.6 Å². The van der Waals surface area contributed by atoms with E-state index in [0.29, 0.717) is 5.02 Å². The Morgan fingerprint density at radius 1 is 1.18 bits per heavy atom. The highest BCUT2D eigenvalue weighted by atomic mass is 35.5. The van der Waals surface area contributed by atoms with E-state index in [1.54, 1.807) is 6.20 Å². The summed E-state index contributed by atoms with van der Waals surface area (Å²) in [7, 11) is 0. The number of aromatic nitrogens is 3. The van der Waals surface area contributed by atoms with Gasteiger partial charge in [-0.05, 0) is 37.3 Å². The molecule has 0 saturated heterocycles. The van der Waals surface area contributed by atoms with Crippen molar-refractivity contribution in [2.24, 2.45) is 0 Å². The van der Waals surface area contributed by atoms with Crippen molar-refractivity contribution in [2.45, 2.75) is 6.92 Å². The van der Waals surface area contributed by atoms with Crippen LogP contribution in [0, 0.1) is 6.92 Å². The lowest BCUT2D eigenvalue weighted by Gasteiger charge is -2.06. The topological polar surface area (TPSA) is 30.7 Å². The van der Waals surface area contributed by atoms with Gasteiger partial charge in [-0.25, -0.2) is 9.97 Å². The molecular formula is C13H10ClN3. The second kappa shape index (κ2) is 3.86. The molecule has 4 heteroatoms. The van der Waals surface area contributed by atoms with Crippen LogP contribution < -0.4 is 0 Å². The monoisotopic (exact) mass is 243 g/mol. The molecule has 0 aliphatic rings. The van der Waals surface area contributed by atoms with Crippen LogP contribution in [0.1, 0.15) is 5.82 Å². The zero-order chi connectivity index (χ0) is 11.8. The van der Waals surface area contributed by atoms with E-state index in [4.69, 9.17) is 11.6 Å². The van der Waals surface area contributed by atoms with Gasteiger partial charge in [0, 0.05) is 11.2 Å². The molecular weight excluding hydrogens is 234 g/mol. The normalized spacial score (nSPS) is 10.9. The molecule has 3 aromatic rings. The molecule has 0 bridgehead atoms. The number of aryl methyl sites for hydroxylation is 1. The zero-order valence-corrected chi connectivity index (χ0v) is 10.0. The number of hydrogen-bond donors (Lipinski definition) is 0. The van der Waals surface area contributed by atoms with Gasteiger partial charge in [-0.1, -0.05) is 17.7 Å². The van der Waals surface area contributed by atoms with Gasteiger partial charge in [-0.15, -0.1) is 0 Å². The van der Waals surface area contributed by atoms with E-state index in [0.717, 1.165) is 22.7 Å². The number of rotatable bonds is 1. The summed E-state index contributed by atoms with van der Waals surface area (Å²) in [6, 6.07) is 11.5. The average Bonchev–Trinajstić information content (AvgIpc) is 2.64. The van der Waals surface area contributed by atoms with E-state index < -0.39 is 0 Å². The average molecular weight is 244 g/mol. The SMILES string of the molecule is Cc1nc2cccnc2n1-c1cccc(Cl)c1. The van der Waals surface area contributed by atoms with Crippen molar-refractivity contribution in [1.82, 2.24) is 14.5 Å². The van der Waals surface area contributed by atoms with Gasteiger partial charge in [-0.2, -0.15) is 0 Å². The third kappa shape index (κ3) is 1.68. The fourth-order valence-corrected chi connectivity index (χ4v) is 2.13. The van der Waals surface area contributed by atoms with Crippen LogP contribution in [0.4, 0.5) is 0 Å². The summed E-state index contributed by atoms with van der Waals surface area (Å²) in [6.45, 7) is 1.96. The van der Waals surface area contributed by atoms with E-state index in [1.807, 2.05) is 47.9 Å². The first kappa shape index (κ1) is 10.3. The second-order valence-corrected chi connectivity index (χ2v) is 4.26. The fraction of sp³-hybridized carbons (Fsp3) is 0.0769. The quantitative estimate of drug-likeness (QED) is 0.656. The number of hydrogen-bond acceptors (Lipinski definition) is 2. The molecule has 0 unspecified atom stereocenters. The van der Waals surface area contributed by atoms with Gasteiger partial charge in [0.25, 0.3) is 0 Å². The predicted molar refractivity (Wildman–Crippen MR) is 68.6 cm³/mol. The smallest absolute Gasteiger partial charge is 0.164 e. The van der Waals surface area contributed by atoms with Crippen molar-refractivity contribution in [3.05, 3.63) is 53.4 Å². The second-order valence-electron chi connectivity index (χ2n) is 3.82. The number of halogens is 1. The largest absolute Gasteiger partial charge is 0.281 e. The minimum atomic E-state index is 0.708. The summed E-state index contributed by atoms with van der Waals surface area (Å²) in [5.74, 6) is 0.904. The van der Waals surface area contributed by atoms with Crippen LogP contribution in [0.25, 0.3) is 16.9 Å². The van der Waals surface area contributed by atoms with Crippen LogP contribution in [-0.2, 0) is 0 Å². The fourth-order valence-electron chi connectivity index (χ4n) is 1.95. The maximum atomic E-state index is 6.01. The molecule has 0 atom stereocenters. The maximum Gasteiger partial charge on any atom is 0.164 e. The Bertz CT molecular complexity index is 688. The Hall–Kier alpha value is -1.87. The first-order valence-corrected chi connectivity index (χ1v) is 5.69. The highest BCUT2D eigenvalue weighted by molar-refractivity contribution is 6.30. The summed E-state index contributed by atoms with van der Waals surface area (Å²) in [5.41, 5.74) is 2.73. The van der Waals surface area contributed by atoms with Crippen LogP contribution in [0.2, 0.25) is 5.02 Å². The van der Waals surface area contributed by atoms with Crippen molar-refractivity contribution in [3.8, 4) is 5.69 Å². The van der Waals surface area contributed by atoms with E-state index in [1.165, 1.54) is 0 Å². The lowest BCUT2D eigenvalue weighted by atomic mass is 10.3. The Morgan fingerprint density at radius 2 is 2.06 bits per heavy atom.